The molecular formula is C21H24N4O2. The standard InChI is InChI=1S/C21H24N4O2/c1-4-23-21(26)24-15-8-6-7-14(11-15)20-18(13-22)17-10-9-16(27-3)12-19(17)25(20)5-2/h6-12,18,20H,4-5H2,1-3H3,(H2,23,24,26). The van der Waals surface area contributed by atoms with Gasteiger partial charge in [0.2, 0.25) is 0 Å². The van der Waals surface area contributed by atoms with E-state index in [9.17, 15) is 10.1 Å². The van der Waals surface area contributed by atoms with Gasteiger partial charge in [-0.15, -0.1) is 0 Å². The SMILES string of the molecule is CCNC(=O)Nc1cccc(C2C(C#N)c3ccc(OC)cc3N2CC)c1. The number of urea groups is 1. The molecule has 2 unspecified atom stereocenters. The Morgan fingerprint density at radius 2 is 2.07 bits per heavy atom. The Morgan fingerprint density at radius 1 is 1.26 bits per heavy atom. The van der Waals surface area contributed by atoms with Crippen LogP contribution in [0.5, 0.6) is 5.75 Å². The monoisotopic (exact) mass is 364 g/mol. The number of methoxy groups -OCH3 is 1. The van der Waals surface area contributed by atoms with E-state index in [0.29, 0.717) is 12.2 Å². The highest BCUT2D eigenvalue weighted by Gasteiger charge is 2.39. The number of carbonyl (C=O) groups is 1. The number of nitriles is 1. The van der Waals surface area contributed by atoms with E-state index < -0.39 is 0 Å². The summed E-state index contributed by atoms with van der Waals surface area (Å²) in [5.74, 6) is 0.488. The zero-order chi connectivity index (χ0) is 19.4. The number of amides is 2. The molecule has 6 nitrogen and oxygen atoms in total. The van der Waals surface area contributed by atoms with Gasteiger partial charge in [-0.25, -0.2) is 4.79 Å². The number of hydrogen-bond acceptors (Lipinski definition) is 4. The second-order valence-electron chi connectivity index (χ2n) is 6.37. The highest BCUT2D eigenvalue weighted by atomic mass is 16.5. The molecule has 6 heteroatoms. The van der Waals surface area contributed by atoms with Gasteiger partial charge in [0.1, 0.15) is 5.75 Å². The molecule has 0 aliphatic carbocycles. The van der Waals surface area contributed by atoms with Crippen LogP contribution >= 0.6 is 0 Å². The van der Waals surface area contributed by atoms with Crippen LogP contribution < -0.4 is 20.3 Å². The van der Waals surface area contributed by atoms with Gasteiger partial charge in [-0.3, -0.25) is 0 Å². The lowest BCUT2D eigenvalue weighted by Gasteiger charge is -2.28. The van der Waals surface area contributed by atoms with Crippen molar-refractivity contribution in [3.05, 3.63) is 53.6 Å². The average molecular weight is 364 g/mol. The van der Waals surface area contributed by atoms with E-state index in [1.807, 2.05) is 49.4 Å². The minimum absolute atomic E-state index is 0.113. The second-order valence-corrected chi connectivity index (χ2v) is 6.37. The number of ether oxygens (including phenoxy) is 1. The van der Waals surface area contributed by atoms with Crippen LogP contribution in [-0.4, -0.2) is 26.2 Å². The van der Waals surface area contributed by atoms with E-state index in [0.717, 1.165) is 29.1 Å². The van der Waals surface area contributed by atoms with Gasteiger partial charge in [-0.05, 0) is 43.2 Å². The Kier molecular flexibility index (Phi) is 5.51. The summed E-state index contributed by atoms with van der Waals surface area (Å²) in [6.45, 7) is 5.27. The topological polar surface area (TPSA) is 77.4 Å². The van der Waals surface area contributed by atoms with Crippen molar-refractivity contribution in [3.8, 4) is 11.8 Å². The highest BCUT2D eigenvalue weighted by molar-refractivity contribution is 5.89. The van der Waals surface area contributed by atoms with Crippen LogP contribution in [0.1, 0.15) is 36.9 Å². The van der Waals surface area contributed by atoms with Gasteiger partial charge in [0.05, 0.1) is 25.1 Å². The predicted molar refractivity (Wildman–Crippen MR) is 106 cm³/mol. The molecule has 140 valence electrons. The molecule has 0 fully saturated rings. The van der Waals surface area contributed by atoms with Gasteiger partial charge < -0.3 is 20.3 Å². The van der Waals surface area contributed by atoms with Gasteiger partial charge in [-0.1, -0.05) is 18.2 Å². The molecule has 27 heavy (non-hydrogen) atoms. The average Bonchev–Trinajstić information content (AvgIpc) is 3.00. The summed E-state index contributed by atoms with van der Waals surface area (Å²) in [4.78, 5) is 14.1. The number of carbonyl (C=O) groups excluding carboxylic acids is 1. The van der Waals surface area contributed by atoms with Gasteiger partial charge >= 0.3 is 6.03 Å². The third-order valence-corrected chi connectivity index (χ3v) is 4.84. The molecule has 0 saturated heterocycles. The summed E-state index contributed by atoms with van der Waals surface area (Å²) in [6.07, 6.45) is 0. The van der Waals surface area contributed by atoms with E-state index >= 15 is 0 Å². The molecule has 0 aromatic heterocycles. The Morgan fingerprint density at radius 3 is 2.74 bits per heavy atom. The first-order valence-electron chi connectivity index (χ1n) is 9.11. The molecule has 3 rings (SSSR count). The van der Waals surface area contributed by atoms with Crippen molar-refractivity contribution in [2.24, 2.45) is 0 Å². The lowest BCUT2D eigenvalue weighted by atomic mass is 9.91. The quantitative estimate of drug-likeness (QED) is 0.840. The second kappa shape index (κ2) is 8.00. The minimum Gasteiger partial charge on any atom is -0.497 e. The summed E-state index contributed by atoms with van der Waals surface area (Å²) in [7, 11) is 1.64. The zero-order valence-corrected chi connectivity index (χ0v) is 15.8. The summed E-state index contributed by atoms with van der Waals surface area (Å²) in [6, 6.07) is 15.7. The van der Waals surface area contributed by atoms with Crippen LogP contribution in [0.3, 0.4) is 0 Å². The van der Waals surface area contributed by atoms with E-state index in [1.165, 1.54) is 0 Å². The zero-order valence-electron chi connectivity index (χ0n) is 15.8. The highest BCUT2D eigenvalue weighted by Crippen LogP contribution is 2.49. The summed E-state index contributed by atoms with van der Waals surface area (Å²) in [5, 5.41) is 15.4. The van der Waals surface area contributed by atoms with Crippen LogP contribution in [0.2, 0.25) is 0 Å². The normalized spacial score (nSPS) is 17.8. The minimum atomic E-state index is -0.287. The van der Waals surface area contributed by atoms with Crippen molar-refractivity contribution >= 4 is 17.4 Å². The first-order chi connectivity index (χ1) is 13.1. The molecule has 0 bridgehead atoms. The number of rotatable bonds is 5. The van der Waals surface area contributed by atoms with E-state index in [4.69, 9.17) is 4.74 Å². The van der Waals surface area contributed by atoms with Crippen LogP contribution in [0.25, 0.3) is 0 Å². The number of nitrogens with zero attached hydrogens (tertiary/aromatic N) is 2. The lowest BCUT2D eigenvalue weighted by molar-refractivity contribution is 0.252. The smallest absolute Gasteiger partial charge is 0.319 e. The van der Waals surface area contributed by atoms with Crippen molar-refractivity contribution in [1.29, 1.82) is 5.26 Å². The van der Waals surface area contributed by atoms with Crippen LogP contribution in [0, 0.1) is 11.3 Å². The number of fused-ring (bicyclic) bond motifs is 1. The lowest BCUT2D eigenvalue weighted by Crippen LogP contribution is -2.29. The number of anilines is 2. The fourth-order valence-corrected chi connectivity index (χ4v) is 3.68. The van der Waals surface area contributed by atoms with E-state index in [1.54, 1.807) is 7.11 Å². The maximum Gasteiger partial charge on any atom is 0.319 e. The Bertz CT molecular complexity index is 875. The molecule has 2 atom stereocenters. The Hall–Kier alpha value is -3.20. The molecule has 1 aliphatic rings. The van der Waals surface area contributed by atoms with Crippen LogP contribution in [0.4, 0.5) is 16.2 Å². The van der Waals surface area contributed by atoms with E-state index in [2.05, 4.69) is 28.5 Å². The third kappa shape index (κ3) is 3.54. The molecule has 2 amide bonds. The molecule has 0 spiro atoms. The molecular weight excluding hydrogens is 340 g/mol. The molecule has 0 saturated carbocycles. The predicted octanol–water partition coefficient (Wildman–Crippen LogP) is 4.02. The number of nitrogens with one attached hydrogen (secondary N) is 2. The van der Waals surface area contributed by atoms with Gasteiger partial charge in [-0.2, -0.15) is 5.26 Å². The summed E-state index contributed by atoms with van der Waals surface area (Å²) < 4.78 is 5.36. The maximum atomic E-state index is 11.8. The largest absolute Gasteiger partial charge is 0.497 e. The number of benzene rings is 2. The van der Waals surface area contributed by atoms with Crippen molar-refractivity contribution in [2.75, 3.05) is 30.4 Å². The van der Waals surface area contributed by atoms with Crippen LogP contribution in [-0.2, 0) is 0 Å². The summed E-state index contributed by atoms with van der Waals surface area (Å²) in [5.41, 5.74) is 3.73. The molecule has 0 radical (unpaired) electrons. The maximum absolute atomic E-state index is 11.8. The fraction of sp³-hybridized carbons (Fsp3) is 0.333. The Balaban J connectivity index is 1.98. The van der Waals surface area contributed by atoms with Crippen molar-refractivity contribution < 1.29 is 9.53 Å². The number of likely N-dealkylation sites (N-methyl/N-ethyl adjacent to an activating group) is 1. The first-order valence-corrected chi connectivity index (χ1v) is 9.11. The van der Waals surface area contributed by atoms with Gasteiger partial charge in [0, 0.05) is 30.5 Å². The fourth-order valence-electron chi connectivity index (χ4n) is 3.68. The molecule has 1 aliphatic heterocycles. The first kappa shape index (κ1) is 18.6. The Labute approximate surface area is 159 Å². The van der Waals surface area contributed by atoms with Crippen LogP contribution in [0.15, 0.2) is 42.5 Å². The van der Waals surface area contributed by atoms with Crippen molar-refractivity contribution in [2.45, 2.75) is 25.8 Å². The summed E-state index contributed by atoms with van der Waals surface area (Å²) >= 11 is 0. The molecule has 1 heterocycles. The van der Waals surface area contributed by atoms with Gasteiger partial charge in [0.25, 0.3) is 0 Å². The number of hydrogen-bond donors (Lipinski definition) is 2. The third-order valence-electron chi connectivity index (χ3n) is 4.84. The molecule has 2 aromatic rings. The van der Waals surface area contributed by atoms with E-state index in [-0.39, 0.29) is 18.0 Å². The van der Waals surface area contributed by atoms with Crippen molar-refractivity contribution in [1.82, 2.24) is 5.32 Å². The van der Waals surface area contributed by atoms with Gasteiger partial charge in [0.15, 0.2) is 0 Å². The van der Waals surface area contributed by atoms with Crippen molar-refractivity contribution in [3.63, 3.8) is 0 Å². The molecule has 2 aromatic carbocycles. The molecule has 2 N–H and O–H groups in total.